The van der Waals surface area contributed by atoms with Crippen LogP contribution >= 0.6 is 0 Å². The number of amides is 1. The monoisotopic (exact) mass is 314 g/mol. The fourth-order valence-corrected chi connectivity index (χ4v) is 1.85. The Morgan fingerprint density at radius 1 is 1.17 bits per heavy atom. The predicted octanol–water partition coefficient (Wildman–Crippen LogP) is 1.86. The zero-order valence-electron chi connectivity index (χ0n) is 12.2. The van der Waals surface area contributed by atoms with E-state index in [2.05, 4.69) is 10.5 Å². The highest BCUT2D eigenvalue weighted by atomic mass is 16.5. The molecular weight excluding hydrogens is 300 g/mol. The first-order valence-corrected chi connectivity index (χ1v) is 6.55. The Hall–Kier alpha value is -3.35. The van der Waals surface area contributed by atoms with Crippen molar-refractivity contribution in [3.05, 3.63) is 59.2 Å². The molecule has 7 nitrogen and oxygen atoms in total. The van der Waals surface area contributed by atoms with E-state index in [1.165, 1.54) is 37.6 Å². The van der Waals surface area contributed by atoms with Gasteiger partial charge >= 0.3 is 5.97 Å². The van der Waals surface area contributed by atoms with Crippen LogP contribution in [0.2, 0.25) is 0 Å². The molecule has 0 saturated carbocycles. The number of hydrazone groups is 1. The van der Waals surface area contributed by atoms with Gasteiger partial charge in [-0.1, -0.05) is 12.1 Å². The minimum atomic E-state index is -1.20. The van der Waals surface area contributed by atoms with Gasteiger partial charge in [0.1, 0.15) is 11.5 Å². The molecule has 118 valence electrons. The normalized spacial score (nSPS) is 10.5. The van der Waals surface area contributed by atoms with Gasteiger partial charge < -0.3 is 14.9 Å². The molecule has 0 heterocycles. The van der Waals surface area contributed by atoms with Gasteiger partial charge in [0.15, 0.2) is 0 Å². The van der Waals surface area contributed by atoms with Gasteiger partial charge in [-0.25, -0.2) is 10.2 Å². The second-order valence-electron chi connectivity index (χ2n) is 4.47. The average Bonchev–Trinajstić information content (AvgIpc) is 2.56. The lowest BCUT2D eigenvalue weighted by Crippen LogP contribution is -2.20. The SMILES string of the molecule is COc1ccc(/C=N/NC(=O)c2ccccc2C(=O)O)c(O)c1. The number of ether oxygens (including phenoxy) is 1. The van der Waals surface area contributed by atoms with E-state index in [1.54, 1.807) is 18.2 Å². The Balaban J connectivity index is 2.12. The van der Waals surface area contributed by atoms with Gasteiger partial charge in [-0.15, -0.1) is 0 Å². The molecular formula is C16H14N2O5. The van der Waals surface area contributed by atoms with Crippen molar-refractivity contribution in [3.63, 3.8) is 0 Å². The molecule has 2 rings (SSSR count). The lowest BCUT2D eigenvalue weighted by molar-refractivity contribution is 0.0691. The van der Waals surface area contributed by atoms with E-state index in [4.69, 9.17) is 9.84 Å². The van der Waals surface area contributed by atoms with E-state index < -0.39 is 11.9 Å². The Labute approximate surface area is 131 Å². The molecule has 1 amide bonds. The molecule has 0 saturated heterocycles. The first kappa shape index (κ1) is 16.0. The summed E-state index contributed by atoms with van der Waals surface area (Å²) in [5.74, 6) is -1.44. The molecule has 2 aromatic rings. The van der Waals surface area contributed by atoms with Crippen molar-refractivity contribution in [1.82, 2.24) is 5.43 Å². The Morgan fingerprint density at radius 2 is 1.87 bits per heavy atom. The van der Waals surface area contributed by atoms with E-state index in [1.807, 2.05) is 0 Å². The summed E-state index contributed by atoms with van der Waals surface area (Å²) in [4.78, 5) is 23.0. The molecule has 7 heteroatoms. The van der Waals surface area contributed by atoms with Gasteiger partial charge in [-0.2, -0.15) is 5.10 Å². The van der Waals surface area contributed by atoms with Gasteiger partial charge in [-0.05, 0) is 24.3 Å². The summed E-state index contributed by atoms with van der Waals surface area (Å²) in [5, 5.41) is 22.5. The molecule has 0 aromatic heterocycles. The number of carboxylic acids is 1. The maximum Gasteiger partial charge on any atom is 0.336 e. The third-order valence-electron chi connectivity index (χ3n) is 3.01. The van der Waals surface area contributed by atoms with Crippen LogP contribution in [0.4, 0.5) is 0 Å². The number of hydrogen-bond donors (Lipinski definition) is 3. The largest absolute Gasteiger partial charge is 0.507 e. The van der Waals surface area contributed by atoms with Gasteiger partial charge in [0, 0.05) is 11.6 Å². The van der Waals surface area contributed by atoms with E-state index >= 15 is 0 Å². The maximum atomic E-state index is 12.0. The zero-order chi connectivity index (χ0) is 16.8. The highest BCUT2D eigenvalue weighted by molar-refractivity contribution is 6.04. The fraction of sp³-hybridized carbons (Fsp3) is 0.0625. The molecule has 0 atom stereocenters. The standard InChI is InChI=1S/C16H14N2O5/c1-23-11-7-6-10(14(19)8-11)9-17-18-15(20)12-4-2-3-5-13(12)16(21)22/h2-9,19H,1H3,(H,18,20)(H,21,22)/b17-9+. The van der Waals surface area contributed by atoms with Crippen molar-refractivity contribution < 1.29 is 24.5 Å². The van der Waals surface area contributed by atoms with Crippen molar-refractivity contribution in [2.75, 3.05) is 7.11 Å². The first-order chi connectivity index (χ1) is 11.0. The highest BCUT2D eigenvalue weighted by Crippen LogP contribution is 2.21. The van der Waals surface area contributed by atoms with Gasteiger partial charge in [0.05, 0.1) is 24.5 Å². The molecule has 0 aliphatic heterocycles. The van der Waals surface area contributed by atoms with Crippen molar-refractivity contribution >= 4 is 18.1 Å². The minimum absolute atomic E-state index is 0.00361. The van der Waals surface area contributed by atoms with Crippen LogP contribution < -0.4 is 10.2 Å². The number of nitrogens with zero attached hydrogens (tertiary/aromatic N) is 1. The molecule has 0 aliphatic rings. The quantitative estimate of drug-likeness (QED) is 0.576. The minimum Gasteiger partial charge on any atom is -0.507 e. The van der Waals surface area contributed by atoms with Gasteiger partial charge in [0.2, 0.25) is 0 Å². The number of aromatic carboxylic acids is 1. The number of carbonyl (C=O) groups is 2. The van der Waals surface area contributed by atoms with Crippen LogP contribution in [0.15, 0.2) is 47.6 Å². The summed E-state index contributed by atoms with van der Waals surface area (Å²) in [5.41, 5.74) is 2.47. The number of aromatic hydroxyl groups is 1. The molecule has 3 N–H and O–H groups in total. The average molecular weight is 314 g/mol. The number of carbonyl (C=O) groups excluding carboxylic acids is 1. The zero-order valence-corrected chi connectivity index (χ0v) is 12.2. The summed E-state index contributed by atoms with van der Waals surface area (Å²) in [6, 6.07) is 10.4. The second kappa shape index (κ2) is 7.08. The van der Waals surface area contributed by atoms with Crippen LogP contribution in [0, 0.1) is 0 Å². The van der Waals surface area contributed by atoms with Gasteiger partial charge in [0.25, 0.3) is 5.91 Å². The molecule has 23 heavy (non-hydrogen) atoms. The number of methoxy groups -OCH3 is 1. The fourth-order valence-electron chi connectivity index (χ4n) is 1.85. The number of phenolic OH excluding ortho intramolecular Hbond substituents is 1. The van der Waals surface area contributed by atoms with Crippen molar-refractivity contribution in [2.45, 2.75) is 0 Å². The maximum absolute atomic E-state index is 12.0. The number of benzene rings is 2. The summed E-state index contributed by atoms with van der Waals surface area (Å²) >= 11 is 0. The number of phenols is 1. The summed E-state index contributed by atoms with van der Waals surface area (Å²) < 4.78 is 4.96. The van der Waals surface area contributed by atoms with E-state index in [9.17, 15) is 14.7 Å². The number of rotatable bonds is 5. The van der Waals surface area contributed by atoms with E-state index in [0.717, 1.165) is 0 Å². The number of hydrogen-bond acceptors (Lipinski definition) is 5. The molecule has 2 aromatic carbocycles. The van der Waals surface area contributed by atoms with E-state index in [0.29, 0.717) is 11.3 Å². The van der Waals surface area contributed by atoms with Crippen LogP contribution in [0.25, 0.3) is 0 Å². The van der Waals surface area contributed by atoms with Crippen LogP contribution in [0.5, 0.6) is 11.5 Å². The van der Waals surface area contributed by atoms with Crippen LogP contribution in [-0.2, 0) is 0 Å². The van der Waals surface area contributed by atoms with Crippen LogP contribution in [-0.4, -0.2) is 35.4 Å². The number of nitrogens with one attached hydrogen (secondary N) is 1. The Kier molecular flexibility index (Phi) is 4.93. The predicted molar refractivity (Wildman–Crippen MR) is 83.1 cm³/mol. The molecule has 0 fully saturated rings. The van der Waals surface area contributed by atoms with Crippen molar-refractivity contribution in [2.24, 2.45) is 5.10 Å². The Bertz CT molecular complexity index is 771. The lowest BCUT2D eigenvalue weighted by atomic mass is 10.1. The molecule has 0 bridgehead atoms. The third kappa shape index (κ3) is 3.85. The summed E-state index contributed by atoms with van der Waals surface area (Å²) in [6.07, 6.45) is 1.25. The summed E-state index contributed by atoms with van der Waals surface area (Å²) in [7, 11) is 1.47. The molecule has 0 aliphatic carbocycles. The van der Waals surface area contributed by atoms with Crippen molar-refractivity contribution in [3.8, 4) is 11.5 Å². The van der Waals surface area contributed by atoms with Crippen LogP contribution in [0.3, 0.4) is 0 Å². The van der Waals surface area contributed by atoms with Crippen LogP contribution in [0.1, 0.15) is 26.3 Å². The Morgan fingerprint density at radius 3 is 2.48 bits per heavy atom. The second-order valence-corrected chi connectivity index (χ2v) is 4.47. The smallest absolute Gasteiger partial charge is 0.336 e. The van der Waals surface area contributed by atoms with E-state index in [-0.39, 0.29) is 16.9 Å². The number of carboxylic acid groups (broad SMARTS) is 1. The first-order valence-electron chi connectivity index (χ1n) is 6.55. The third-order valence-corrected chi connectivity index (χ3v) is 3.01. The highest BCUT2D eigenvalue weighted by Gasteiger charge is 2.14. The lowest BCUT2D eigenvalue weighted by Gasteiger charge is -2.04. The molecule has 0 spiro atoms. The summed E-state index contributed by atoms with van der Waals surface area (Å²) in [6.45, 7) is 0. The van der Waals surface area contributed by atoms with Gasteiger partial charge in [-0.3, -0.25) is 4.79 Å². The van der Waals surface area contributed by atoms with Crippen molar-refractivity contribution in [1.29, 1.82) is 0 Å². The topological polar surface area (TPSA) is 108 Å². The molecule has 0 radical (unpaired) electrons. The molecule has 0 unspecified atom stereocenters.